The Morgan fingerprint density at radius 1 is 0.246 bits per heavy atom. The molecule has 0 bridgehead atoms. The van der Waals surface area contributed by atoms with Gasteiger partial charge in [-0.1, -0.05) is 370 Å². The Labute approximate surface area is 826 Å². The molecule has 8 heterocycles. The molecule has 0 spiro atoms. The van der Waals surface area contributed by atoms with E-state index in [9.17, 15) is 0 Å². The van der Waals surface area contributed by atoms with Crippen LogP contribution in [0.5, 0.6) is 0 Å². The molecule has 0 aliphatic heterocycles. The summed E-state index contributed by atoms with van der Waals surface area (Å²) < 4.78 is 12.7. The van der Waals surface area contributed by atoms with Crippen molar-refractivity contribution in [2.24, 2.45) is 0 Å². The fourth-order valence-corrected chi connectivity index (χ4v) is 25.3. The summed E-state index contributed by atoms with van der Waals surface area (Å²) in [5.41, 5.74) is 44.5. The molecular formula is C130H95N11S. The zero-order chi connectivity index (χ0) is 95.2. The highest BCUT2D eigenvalue weighted by Crippen LogP contribution is 2.59. The lowest BCUT2D eigenvalue weighted by atomic mass is 9.82. The van der Waals surface area contributed by atoms with Crippen LogP contribution in [0, 0.1) is 0 Å². The second-order valence-electron chi connectivity index (χ2n) is 40.0. The summed E-state index contributed by atoms with van der Waals surface area (Å²) in [4.78, 5) is 27.9. The van der Waals surface area contributed by atoms with Crippen molar-refractivity contribution in [1.29, 1.82) is 0 Å². The maximum Gasteiger partial charge on any atom is 0.237 e. The molecular weight excluding hydrogens is 1750 g/mol. The predicted octanol–water partition coefficient (Wildman–Crippen LogP) is 32.9. The third-order valence-corrected chi connectivity index (χ3v) is 32.0. The summed E-state index contributed by atoms with van der Waals surface area (Å²) in [6.45, 7) is 18.7. The third kappa shape index (κ3) is 12.7. The largest absolute Gasteiger partial charge is 0.309 e. The molecule has 0 radical (unpaired) electrons. The van der Waals surface area contributed by atoms with E-state index in [4.69, 9.17) is 15.0 Å². The smallest absolute Gasteiger partial charge is 0.237 e. The average molecular weight is 1840 g/mol. The van der Waals surface area contributed by atoms with E-state index in [0.29, 0.717) is 5.95 Å². The molecule has 676 valence electrons. The van der Waals surface area contributed by atoms with Crippen LogP contribution in [-0.4, -0.2) is 52.7 Å². The number of hydrogen-bond donors (Lipinski definition) is 0. The van der Waals surface area contributed by atoms with Crippen molar-refractivity contribution in [3.8, 4) is 106 Å². The van der Waals surface area contributed by atoms with E-state index in [1.807, 2.05) is 24.5 Å². The van der Waals surface area contributed by atoms with Crippen LogP contribution in [0.4, 0.5) is 0 Å². The number of aromatic nitrogens is 11. The number of nitrogens with zero attached hydrogens (tertiary/aromatic N) is 11. The topological polar surface area (TPSA) is 102 Å². The lowest BCUT2D eigenvalue weighted by Gasteiger charge is -2.21. The van der Waals surface area contributed by atoms with Crippen molar-refractivity contribution in [1.82, 2.24) is 52.7 Å². The van der Waals surface area contributed by atoms with Gasteiger partial charge in [0.05, 0.1) is 76.9 Å². The predicted molar refractivity (Wildman–Crippen MR) is 589 cm³/mol. The van der Waals surface area contributed by atoms with E-state index in [-0.39, 0.29) is 21.7 Å². The van der Waals surface area contributed by atoms with E-state index in [1.54, 1.807) is 24.0 Å². The zero-order valence-electron chi connectivity index (χ0n) is 79.8. The lowest BCUT2D eigenvalue weighted by molar-refractivity contribution is 0.660. The minimum absolute atomic E-state index is 0.000811. The number of hydrogen-bond acceptors (Lipinski definition) is 7. The summed E-state index contributed by atoms with van der Waals surface area (Å²) in [6, 6.07) is 149. The van der Waals surface area contributed by atoms with Crippen molar-refractivity contribution >= 4 is 120 Å². The van der Waals surface area contributed by atoms with E-state index >= 15 is 0 Å². The average Bonchev–Trinajstić information content (AvgIpc) is 1.55. The molecule has 26 aromatic rings. The van der Waals surface area contributed by atoms with E-state index in [2.05, 4.69) is 487 Å². The molecule has 0 saturated carbocycles. The zero-order valence-corrected chi connectivity index (χ0v) is 80.6. The van der Waals surface area contributed by atoms with Gasteiger partial charge in [-0.2, -0.15) is 0 Å². The number of benzene rings is 18. The summed E-state index contributed by atoms with van der Waals surface area (Å²) in [5.74, 6) is 0.645. The highest BCUT2D eigenvalue weighted by molar-refractivity contribution is 7.20. The van der Waals surface area contributed by atoms with Gasteiger partial charge in [0.15, 0.2) is 5.13 Å². The SMILES string of the molecule is CC1(C)c2ccccc2-c2c1ccc1c2c2ccccc2n1-c1ccc(-c2cc(-c3ccccc3)nc(-c3ccccc3)c2)cc1.CC1(C)c2ccccc2-c2c1ccc1c2c2ccccc2n1-c1cccc2c1ncn2-c1ccccc1.CC1(C)c2ccccc2-c2c1ccc1c2c2ccccc2n1-c1nc2ccccc2s1.CC1(C)c2ccccc2-c2c1ccc1c2c2ccccc2n1-c1ncncn1. The fourth-order valence-electron chi connectivity index (χ4n) is 24.3. The first-order valence-corrected chi connectivity index (χ1v) is 49.8. The van der Waals surface area contributed by atoms with E-state index in [0.717, 1.165) is 83.4 Å². The first-order chi connectivity index (χ1) is 69.5. The van der Waals surface area contributed by atoms with Gasteiger partial charge in [0.1, 0.15) is 24.5 Å². The molecule has 12 heteroatoms. The number of rotatable bonds is 8. The maximum atomic E-state index is 5.08. The molecule has 4 aliphatic carbocycles. The number of para-hydroxylation sites is 7. The van der Waals surface area contributed by atoms with Gasteiger partial charge < -0.3 is 9.13 Å². The molecule has 4 aliphatic rings. The minimum atomic E-state index is -0.0350. The molecule has 142 heavy (non-hydrogen) atoms. The van der Waals surface area contributed by atoms with Crippen molar-refractivity contribution in [3.05, 3.63) is 476 Å². The van der Waals surface area contributed by atoms with Gasteiger partial charge in [0.25, 0.3) is 0 Å². The number of pyridine rings is 1. The maximum absolute atomic E-state index is 5.08. The number of fused-ring (bicyclic) bond motifs is 30. The van der Waals surface area contributed by atoms with Crippen molar-refractivity contribution in [2.75, 3.05) is 0 Å². The molecule has 0 saturated heterocycles. The van der Waals surface area contributed by atoms with E-state index < -0.39 is 0 Å². The minimum Gasteiger partial charge on any atom is -0.309 e. The van der Waals surface area contributed by atoms with Crippen LogP contribution in [0.3, 0.4) is 0 Å². The number of thiazole rings is 1. The Kier molecular flexibility index (Phi) is 19.0. The van der Waals surface area contributed by atoms with E-state index in [1.165, 1.54) is 170 Å². The van der Waals surface area contributed by atoms with Gasteiger partial charge in [-0.15, -0.1) is 0 Å². The van der Waals surface area contributed by atoms with Gasteiger partial charge in [-0.05, 0) is 209 Å². The Balaban J connectivity index is 0.0000000963. The molecule has 11 nitrogen and oxygen atoms in total. The Hall–Kier alpha value is -17.3. The highest BCUT2D eigenvalue weighted by atomic mass is 32.1. The molecule has 0 amide bonds. The van der Waals surface area contributed by atoms with Gasteiger partial charge in [-0.25, -0.2) is 29.9 Å². The second kappa shape index (κ2) is 32.1. The second-order valence-corrected chi connectivity index (χ2v) is 41.0. The Morgan fingerprint density at radius 3 is 1.07 bits per heavy atom. The normalized spacial score (nSPS) is 13.9. The standard InChI is InChI=1S/C44H32N2.C34H25N3.C28H20N2S.C24H18N4/c1-44(2)36-19-11-9-17-34(36)42-37(44)25-26-41-43(42)35-18-10-12-20-40(35)46(41)33-23-21-29(22-24-33)32-27-38(30-13-5-3-6-14-30)45-39(28-32)31-15-7-4-8-16-31;1-34(2)25-15-8-6-13-23(25)31-26(34)19-20-28-32(31)24-14-7-9-16-27(24)37(28)30-18-10-17-29-33(30)35-21-36(29)22-11-4-3-5-12-22;1-28(2)19-11-5-3-9-17(19)25-20(28)15-16-23-26(25)18-10-4-7-13-22(18)30(23)27-29-21-12-6-8-14-24(21)31-27;1-24(2)17-9-5-3-7-15(17)21-18(24)11-12-20-22(21)16-8-4-6-10-19(16)28(20)23-26-13-25-14-27-23/h3-28H,1-2H3;3-21H,1-2H3;3-16H,1-2H3;3-14H,1-2H3. The lowest BCUT2D eigenvalue weighted by Crippen LogP contribution is -2.14. The van der Waals surface area contributed by atoms with Crippen molar-refractivity contribution in [2.45, 2.75) is 77.0 Å². The van der Waals surface area contributed by atoms with Crippen molar-refractivity contribution in [3.63, 3.8) is 0 Å². The van der Waals surface area contributed by atoms with Crippen LogP contribution >= 0.6 is 11.3 Å². The third-order valence-electron chi connectivity index (χ3n) is 30.9. The molecule has 0 unspecified atom stereocenters. The summed E-state index contributed by atoms with van der Waals surface area (Å²) in [6.07, 6.45) is 5.04. The molecule has 8 aromatic heterocycles. The first-order valence-electron chi connectivity index (χ1n) is 48.9. The van der Waals surface area contributed by atoms with Gasteiger partial charge in [0.2, 0.25) is 5.95 Å². The summed E-state index contributed by atoms with van der Waals surface area (Å²) in [5, 5.41) is 11.4. The summed E-state index contributed by atoms with van der Waals surface area (Å²) in [7, 11) is 0. The van der Waals surface area contributed by atoms with Crippen molar-refractivity contribution < 1.29 is 0 Å². The van der Waals surface area contributed by atoms with Crippen LogP contribution in [-0.2, 0) is 21.7 Å². The molecule has 18 aromatic carbocycles. The first kappa shape index (κ1) is 84.0. The van der Waals surface area contributed by atoms with Crippen LogP contribution in [0.1, 0.15) is 99.9 Å². The van der Waals surface area contributed by atoms with Crippen LogP contribution < -0.4 is 0 Å². The molecule has 0 atom stereocenters. The van der Waals surface area contributed by atoms with Gasteiger partial charge in [0, 0.05) is 87.3 Å². The van der Waals surface area contributed by atoms with Crippen LogP contribution in [0.15, 0.2) is 431 Å². The van der Waals surface area contributed by atoms with Crippen LogP contribution in [0.25, 0.3) is 215 Å². The molecule has 0 N–H and O–H groups in total. The number of imidazole rings is 1. The molecule has 0 fully saturated rings. The molecule has 30 rings (SSSR count). The quantitative estimate of drug-likeness (QED) is 0.150. The van der Waals surface area contributed by atoms with Crippen LogP contribution in [0.2, 0.25) is 0 Å². The fraction of sp³-hybridized carbons (Fsp3) is 0.0923. The summed E-state index contributed by atoms with van der Waals surface area (Å²) >= 11 is 1.76. The monoisotopic (exact) mass is 1840 g/mol. The van der Waals surface area contributed by atoms with Gasteiger partial charge in [-0.3, -0.25) is 13.7 Å². The van der Waals surface area contributed by atoms with Gasteiger partial charge >= 0.3 is 0 Å². The highest BCUT2D eigenvalue weighted by Gasteiger charge is 2.43. The Morgan fingerprint density at radius 2 is 0.613 bits per heavy atom. The Bertz CT molecular complexity index is 9570.